The van der Waals surface area contributed by atoms with Crippen LogP contribution in [0.3, 0.4) is 0 Å². The number of carbonyl (C=O) groups is 5. The van der Waals surface area contributed by atoms with Gasteiger partial charge < -0.3 is 0 Å². The Morgan fingerprint density at radius 3 is 0.660 bits per heavy atom. The highest BCUT2D eigenvalue weighted by Gasteiger charge is 2.60. The van der Waals surface area contributed by atoms with Gasteiger partial charge in [0.1, 0.15) is 5.78 Å². The Kier molecular flexibility index (Phi) is 17.0. The number of hydrogen-bond acceptors (Lipinski definition) is 6. The van der Waals surface area contributed by atoms with Gasteiger partial charge in [-0.15, -0.1) is 0 Å². The van der Waals surface area contributed by atoms with Crippen LogP contribution in [0.2, 0.25) is 0 Å². The molecule has 0 unspecified atom stereocenters. The highest BCUT2D eigenvalue weighted by molar-refractivity contribution is 7.87. The molecule has 1 rings (SSSR count). The van der Waals surface area contributed by atoms with E-state index in [-0.39, 0.29) is 43.5 Å². The molecule has 0 aromatic heterocycles. The van der Waals surface area contributed by atoms with Crippen LogP contribution in [0.25, 0.3) is 0 Å². The summed E-state index contributed by atoms with van der Waals surface area (Å²) >= 11 is 0. The molecule has 0 aromatic carbocycles. The van der Waals surface area contributed by atoms with E-state index in [2.05, 4.69) is 0 Å². The predicted molar refractivity (Wildman–Crippen MR) is 201 cm³/mol. The predicted octanol–water partition coefficient (Wildman–Crippen LogP) is 10.2. The lowest BCUT2D eigenvalue weighted by atomic mass is 9.72. The first-order valence-electron chi connectivity index (χ1n) is 17.1. The summed E-state index contributed by atoms with van der Waals surface area (Å²) in [4.78, 5) is 58.8. The third kappa shape index (κ3) is 17.6. The maximum absolute atomic E-state index is 12.2. The molecule has 0 aliphatic heterocycles. The van der Waals surface area contributed by atoms with Gasteiger partial charge in [-0.3, -0.25) is 28.2 Å². The zero-order valence-corrected chi connectivity index (χ0v) is 36.1. The fraction of sp³-hybridized carbons (Fsp3) is 0.875. The van der Waals surface area contributed by atoms with Crippen LogP contribution in [0.5, 0.6) is 0 Å². The van der Waals surface area contributed by atoms with Crippen molar-refractivity contribution < 1.29 is 28.2 Å². The minimum atomic E-state index is -0.755. The normalized spacial score (nSPS) is 15.5. The number of ketones is 5. The second-order valence-electron chi connectivity index (χ2n) is 21.2. The van der Waals surface area contributed by atoms with Crippen molar-refractivity contribution in [1.29, 1.82) is 0 Å². The molecule has 0 bridgehead atoms. The summed E-state index contributed by atoms with van der Waals surface area (Å²) in [5.41, 5.74) is -2.95. The first-order chi connectivity index (χ1) is 19.9. The van der Waals surface area contributed by atoms with Crippen LogP contribution in [0.15, 0.2) is 0 Å². The summed E-state index contributed by atoms with van der Waals surface area (Å²) in [5, 5.41) is 0. The van der Waals surface area contributed by atoms with E-state index in [1.807, 2.05) is 125 Å². The molecular formula is C40H76O6S. The summed E-state index contributed by atoms with van der Waals surface area (Å²) in [7, 11) is -0.755. The number of Topliss-reactive ketones (excluding diaryl/α,β-unsaturated/α-hetero) is 5. The van der Waals surface area contributed by atoms with Crippen LogP contribution in [0.1, 0.15) is 179 Å². The number of rotatable bonds is 3. The van der Waals surface area contributed by atoms with E-state index < -0.39 is 37.9 Å². The Bertz CT molecular complexity index is 1010. The summed E-state index contributed by atoms with van der Waals surface area (Å²) in [6.07, 6.45) is 1.50. The quantitative estimate of drug-likeness (QED) is 0.217. The molecule has 278 valence electrons. The zero-order chi connectivity index (χ0) is 39.4. The maximum Gasteiger partial charge on any atom is 0.204 e. The van der Waals surface area contributed by atoms with Gasteiger partial charge in [0.05, 0.1) is 5.41 Å². The Balaban J connectivity index is -0.000000559. The minimum Gasteiger partial charge on any atom is -0.299 e. The molecule has 1 aliphatic carbocycles. The van der Waals surface area contributed by atoms with Gasteiger partial charge in [0, 0.05) is 52.8 Å². The molecule has 0 amide bonds. The maximum atomic E-state index is 12.2. The SMILES string of the molecule is CC(C)(C)C(=O)C(=O)C(C)(C)C.CC(C)(C)C(=O)C(C)(C)C.CC(C)(C)C(=O)C1(C(=O)C(C)(C)C)CC1.CC(C)(C)S(=O)C(C)(C)C. The van der Waals surface area contributed by atoms with Crippen LogP contribution >= 0.6 is 0 Å². The topological polar surface area (TPSA) is 102 Å². The minimum absolute atomic E-state index is 0.0851. The van der Waals surface area contributed by atoms with Crippen molar-refractivity contribution in [2.45, 2.75) is 189 Å². The Morgan fingerprint density at radius 2 is 0.596 bits per heavy atom. The van der Waals surface area contributed by atoms with E-state index in [0.717, 1.165) is 12.8 Å². The molecule has 1 fully saturated rings. The van der Waals surface area contributed by atoms with E-state index in [0.29, 0.717) is 5.78 Å². The van der Waals surface area contributed by atoms with E-state index in [1.54, 1.807) is 41.5 Å². The Hall–Kier alpha value is -1.50. The van der Waals surface area contributed by atoms with Gasteiger partial charge in [0.25, 0.3) is 0 Å². The van der Waals surface area contributed by atoms with Crippen LogP contribution in [0, 0.1) is 37.9 Å². The lowest BCUT2D eigenvalue weighted by molar-refractivity contribution is -0.145. The van der Waals surface area contributed by atoms with Crippen molar-refractivity contribution in [3.8, 4) is 0 Å². The monoisotopic (exact) mass is 685 g/mol. The molecule has 0 atom stereocenters. The average Bonchev–Trinajstić information content (AvgIpc) is 3.59. The van der Waals surface area contributed by atoms with Gasteiger partial charge >= 0.3 is 0 Å². The molecule has 1 saturated carbocycles. The van der Waals surface area contributed by atoms with Gasteiger partial charge in [0.15, 0.2) is 11.6 Å². The highest BCUT2D eigenvalue weighted by atomic mass is 32.2. The van der Waals surface area contributed by atoms with Crippen LogP contribution in [-0.2, 0) is 34.8 Å². The van der Waals surface area contributed by atoms with E-state index in [4.69, 9.17) is 0 Å². The van der Waals surface area contributed by atoms with Crippen molar-refractivity contribution in [3.05, 3.63) is 0 Å². The fourth-order valence-electron chi connectivity index (χ4n) is 4.84. The number of carbonyl (C=O) groups excluding carboxylic acids is 5. The summed E-state index contributed by atoms with van der Waals surface area (Å²) in [5.74, 6) is -0.00477. The number of hydrogen-bond donors (Lipinski definition) is 0. The lowest BCUT2D eigenvalue weighted by Crippen LogP contribution is -2.40. The van der Waals surface area contributed by atoms with Crippen LogP contribution < -0.4 is 0 Å². The Labute approximate surface area is 293 Å². The molecule has 0 saturated heterocycles. The van der Waals surface area contributed by atoms with Crippen molar-refractivity contribution in [2.24, 2.45) is 37.9 Å². The third-order valence-electron chi connectivity index (χ3n) is 7.03. The van der Waals surface area contributed by atoms with Crippen molar-refractivity contribution in [3.63, 3.8) is 0 Å². The highest BCUT2D eigenvalue weighted by Crippen LogP contribution is 2.54. The van der Waals surface area contributed by atoms with Crippen LogP contribution in [0.4, 0.5) is 0 Å². The standard InChI is InChI=1S/C13H22O2.C10H18O2.C9H18O.C8H18OS/c1-11(2,3)9(14)13(7-8-13)10(15)12(4,5)6;1-9(2,3)7(11)8(12)10(4,5)6;1-8(2,3)7(10)9(4,5)6;1-7(2,3)10(9)8(4,5)6/h7-8H2,1-6H3;1-6H3;2*1-6H3. The zero-order valence-electron chi connectivity index (χ0n) is 35.3. The molecule has 0 radical (unpaired) electrons. The third-order valence-corrected chi connectivity index (χ3v) is 9.25. The van der Waals surface area contributed by atoms with Crippen molar-refractivity contribution in [1.82, 2.24) is 0 Å². The van der Waals surface area contributed by atoms with Crippen LogP contribution in [-0.4, -0.2) is 42.6 Å². The van der Waals surface area contributed by atoms with Gasteiger partial charge in [0.2, 0.25) is 11.6 Å². The molecule has 1 aliphatic rings. The second kappa shape index (κ2) is 16.0. The summed E-state index contributed by atoms with van der Waals surface area (Å²) < 4.78 is 11.4. The molecule has 0 aromatic rings. The molecule has 0 heterocycles. The average molecular weight is 685 g/mol. The summed E-state index contributed by atoms with van der Waals surface area (Å²) in [6, 6.07) is 0. The molecule has 6 nitrogen and oxygen atoms in total. The molecule has 0 N–H and O–H groups in total. The molecular weight excluding hydrogens is 609 g/mol. The fourth-order valence-corrected chi connectivity index (χ4v) is 6.68. The van der Waals surface area contributed by atoms with E-state index in [1.165, 1.54) is 0 Å². The van der Waals surface area contributed by atoms with Gasteiger partial charge in [-0.25, -0.2) is 0 Å². The smallest absolute Gasteiger partial charge is 0.204 e. The Morgan fingerprint density at radius 1 is 0.383 bits per heavy atom. The summed E-state index contributed by atoms with van der Waals surface area (Å²) in [6.45, 7) is 45.7. The molecule has 0 spiro atoms. The first kappa shape index (κ1) is 49.9. The molecule has 47 heavy (non-hydrogen) atoms. The largest absolute Gasteiger partial charge is 0.299 e. The van der Waals surface area contributed by atoms with Crippen molar-refractivity contribution in [2.75, 3.05) is 0 Å². The first-order valence-corrected chi connectivity index (χ1v) is 18.2. The second-order valence-corrected chi connectivity index (χ2v) is 24.2. The van der Waals surface area contributed by atoms with E-state index >= 15 is 0 Å². The van der Waals surface area contributed by atoms with Gasteiger partial charge in [-0.2, -0.15) is 0 Å². The van der Waals surface area contributed by atoms with Crippen molar-refractivity contribution >= 4 is 39.7 Å². The van der Waals surface area contributed by atoms with Gasteiger partial charge in [-0.05, 0) is 54.4 Å². The van der Waals surface area contributed by atoms with E-state index in [9.17, 15) is 28.2 Å². The molecule has 7 heteroatoms. The van der Waals surface area contributed by atoms with Gasteiger partial charge in [-0.1, -0.05) is 125 Å². The lowest BCUT2D eigenvalue weighted by Gasteiger charge is -2.28.